The van der Waals surface area contributed by atoms with E-state index in [1.807, 2.05) is 0 Å². The molecular formula is C12H14Br3F. The zero-order valence-corrected chi connectivity index (χ0v) is 13.8. The van der Waals surface area contributed by atoms with Crippen LogP contribution in [0.25, 0.3) is 0 Å². The van der Waals surface area contributed by atoms with Gasteiger partial charge in [-0.15, -0.1) is 0 Å². The summed E-state index contributed by atoms with van der Waals surface area (Å²) in [6.45, 7) is 2.16. The summed E-state index contributed by atoms with van der Waals surface area (Å²) in [7, 11) is 0. The van der Waals surface area contributed by atoms with Crippen LogP contribution in [0.2, 0.25) is 0 Å². The van der Waals surface area contributed by atoms with Crippen molar-refractivity contribution in [3.05, 3.63) is 34.1 Å². The lowest BCUT2D eigenvalue weighted by molar-refractivity contribution is 0.372. The second kappa shape index (κ2) is 6.50. The van der Waals surface area contributed by atoms with Crippen molar-refractivity contribution in [3.8, 4) is 0 Å². The normalized spacial score (nSPS) is 11.8. The number of halogens is 4. The third-order valence-electron chi connectivity index (χ3n) is 2.89. The average molecular weight is 417 g/mol. The van der Waals surface area contributed by atoms with Gasteiger partial charge >= 0.3 is 0 Å². The number of benzene rings is 1. The Morgan fingerprint density at radius 1 is 1.25 bits per heavy atom. The highest BCUT2D eigenvalue weighted by atomic mass is 79.9. The fraction of sp³-hybridized carbons (Fsp3) is 0.500. The number of hydrogen-bond acceptors (Lipinski definition) is 0. The van der Waals surface area contributed by atoms with Gasteiger partial charge in [0.1, 0.15) is 5.82 Å². The largest absolute Gasteiger partial charge is 0.207 e. The first-order chi connectivity index (χ1) is 7.56. The molecule has 1 aromatic carbocycles. The van der Waals surface area contributed by atoms with Crippen molar-refractivity contribution >= 4 is 47.8 Å². The molecule has 0 bridgehead atoms. The summed E-state index contributed by atoms with van der Waals surface area (Å²) in [5, 5.41) is 1.81. The zero-order chi connectivity index (χ0) is 12.2. The monoisotopic (exact) mass is 414 g/mol. The molecule has 16 heavy (non-hydrogen) atoms. The van der Waals surface area contributed by atoms with Gasteiger partial charge in [-0.1, -0.05) is 54.7 Å². The summed E-state index contributed by atoms with van der Waals surface area (Å²) in [5.41, 5.74) is 1.18. The van der Waals surface area contributed by atoms with Gasteiger partial charge < -0.3 is 0 Å². The van der Waals surface area contributed by atoms with Gasteiger partial charge in [0.05, 0.1) is 0 Å². The molecule has 1 rings (SSSR count). The quantitative estimate of drug-likeness (QED) is 0.570. The van der Waals surface area contributed by atoms with E-state index in [2.05, 4.69) is 54.7 Å². The van der Waals surface area contributed by atoms with E-state index in [0.29, 0.717) is 0 Å². The molecule has 0 aromatic heterocycles. The fourth-order valence-electron chi connectivity index (χ4n) is 1.53. The lowest BCUT2D eigenvalue weighted by Crippen LogP contribution is -2.26. The smallest absolute Gasteiger partial charge is 0.123 e. The third kappa shape index (κ3) is 3.54. The molecule has 0 aliphatic heterocycles. The van der Waals surface area contributed by atoms with Gasteiger partial charge in [-0.2, -0.15) is 0 Å². The molecule has 0 nitrogen and oxygen atoms in total. The second-order valence-corrected chi connectivity index (χ2v) is 6.01. The van der Waals surface area contributed by atoms with E-state index in [4.69, 9.17) is 0 Å². The van der Waals surface area contributed by atoms with Gasteiger partial charge in [0.15, 0.2) is 0 Å². The minimum Gasteiger partial charge on any atom is -0.207 e. The van der Waals surface area contributed by atoms with Crippen LogP contribution < -0.4 is 0 Å². The molecule has 0 amide bonds. The molecular weight excluding hydrogens is 403 g/mol. The predicted molar refractivity (Wildman–Crippen MR) is 78.1 cm³/mol. The molecule has 0 aliphatic rings. The van der Waals surface area contributed by atoms with E-state index in [1.165, 1.54) is 6.07 Å². The average Bonchev–Trinajstić information content (AvgIpc) is 2.31. The van der Waals surface area contributed by atoms with E-state index in [1.54, 1.807) is 12.1 Å². The van der Waals surface area contributed by atoms with Crippen LogP contribution in [0.15, 0.2) is 22.7 Å². The molecule has 0 N–H and O–H groups in total. The maximum Gasteiger partial charge on any atom is 0.123 e. The summed E-state index contributed by atoms with van der Waals surface area (Å²) in [6, 6.07) is 4.86. The Kier molecular flexibility index (Phi) is 5.95. The number of alkyl halides is 2. The summed E-state index contributed by atoms with van der Waals surface area (Å²) in [6.07, 6.45) is 1.91. The number of hydrogen-bond donors (Lipinski definition) is 0. The first-order valence-corrected chi connectivity index (χ1v) is 8.16. The van der Waals surface area contributed by atoms with Crippen molar-refractivity contribution in [2.75, 3.05) is 10.7 Å². The highest BCUT2D eigenvalue weighted by molar-refractivity contribution is 9.10. The Morgan fingerprint density at radius 3 is 2.38 bits per heavy atom. The van der Waals surface area contributed by atoms with Gasteiger partial charge in [0.25, 0.3) is 0 Å². The van der Waals surface area contributed by atoms with E-state index in [0.717, 1.165) is 33.5 Å². The standard InChI is InChI=1S/C12H14Br3F/c1-2-12(7-13,8-14)6-9-5-10(16)3-4-11(9)15/h3-5H,2,6-8H2,1H3. The summed E-state index contributed by atoms with van der Waals surface area (Å²) < 4.78 is 14.2. The Bertz CT molecular complexity index is 340. The van der Waals surface area contributed by atoms with E-state index < -0.39 is 0 Å². The topological polar surface area (TPSA) is 0 Å². The first kappa shape index (κ1) is 14.7. The second-order valence-electron chi connectivity index (χ2n) is 4.03. The molecule has 0 saturated carbocycles. The highest BCUT2D eigenvalue weighted by Gasteiger charge is 2.27. The summed E-state index contributed by atoms with van der Waals surface area (Å²) in [4.78, 5) is 0. The SMILES string of the molecule is CCC(CBr)(CBr)Cc1cc(F)ccc1Br. The third-order valence-corrected chi connectivity index (χ3v) is 6.04. The van der Waals surface area contributed by atoms with Crippen LogP contribution in [0, 0.1) is 11.2 Å². The van der Waals surface area contributed by atoms with Crippen LogP contribution in [-0.2, 0) is 6.42 Å². The predicted octanol–water partition coefficient (Wildman–Crippen LogP) is 5.32. The van der Waals surface area contributed by atoms with Crippen molar-refractivity contribution in [1.29, 1.82) is 0 Å². The van der Waals surface area contributed by atoms with Crippen molar-refractivity contribution in [2.24, 2.45) is 5.41 Å². The molecule has 0 aliphatic carbocycles. The maximum absolute atomic E-state index is 13.2. The molecule has 0 unspecified atom stereocenters. The minimum atomic E-state index is -0.174. The van der Waals surface area contributed by atoms with Crippen LogP contribution in [0.1, 0.15) is 18.9 Å². The summed E-state index contributed by atoms with van der Waals surface area (Å²) in [5.74, 6) is -0.174. The van der Waals surface area contributed by atoms with Crippen molar-refractivity contribution in [1.82, 2.24) is 0 Å². The van der Waals surface area contributed by atoms with Crippen molar-refractivity contribution in [2.45, 2.75) is 19.8 Å². The molecule has 0 saturated heterocycles. The van der Waals surface area contributed by atoms with Crippen molar-refractivity contribution in [3.63, 3.8) is 0 Å². The van der Waals surface area contributed by atoms with Crippen LogP contribution >= 0.6 is 47.8 Å². The molecule has 0 heterocycles. The van der Waals surface area contributed by atoms with E-state index in [-0.39, 0.29) is 11.2 Å². The zero-order valence-electron chi connectivity index (χ0n) is 9.07. The Balaban J connectivity index is 2.97. The van der Waals surface area contributed by atoms with Crippen LogP contribution in [0.4, 0.5) is 4.39 Å². The lowest BCUT2D eigenvalue weighted by Gasteiger charge is -2.29. The van der Waals surface area contributed by atoms with E-state index >= 15 is 0 Å². The maximum atomic E-state index is 13.2. The fourth-order valence-corrected chi connectivity index (χ4v) is 4.03. The summed E-state index contributed by atoms with van der Waals surface area (Å²) >= 11 is 10.6. The molecule has 0 atom stereocenters. The van der Waals surface area contributed by atoms with Gasteiger partial charge in [-0.25, -0.2) is 4.39 Å². The van der Waals surface area contributed by atoms with Gasteiger partial charge in [0.2, 0.25) is 0 Å². The molecule has 1 aromatic rings. The molecule has 0 fully saturated rings. The highest BCUT2D eigenvalue weighted by Crippen LogP contribution is 2.34. The molecule has 4 heteroatoms. The molecule has 0 spiro atoms. The Hall–Kier alpha value is 0.590. The number of rotatable bonds is 5. The van der Waals surface area contributed by atoms with Gasteiger partial charge in [-0.3, -0.25) is 0 Å². The molecule has 0 radical (unpaired) electrons. The van der Waals surface area contributed by atoms with Crippen LogP contribution in [0.5, 0.6) is 0 Å². The molecule has 90 valence electrons. The lowest BCUT2D eigenvalue weighted by atomic mass is 9.83. The van der Waals surface area contributed by atoms with Gasteiger partial charge in [-0.05, 0) is 42.0 Å². The minimum absolute atomic E-state index is 0.149. The Morgan fingerprint density at radius 2 is 1.88 bits per heavy atom. The van der Waals surface area contributed by atoms with E-state index in [9.17, 15) is 4.39 Å². The van der Waals surface area contributed by atoms with Gasteiger partial charge in [0, 0.05) is 15.1 Å². The first-order valence-electron chi connectivity index (χ1n) is 5.13. The Labute approximate surface area is 121 Å². The van der Waals surface area contributed by atoms with Crippen LogP contribution in [-0.4, -0.2) is 10.7 Å². The van der Waals surface area contributed by atoms with Crippen molar-refractivity contribution < 1.29 is 4.39 Å². The van der Waals surface area contributed by atoms with Crippen LogP contribution in [0.3, 0.4) is 0 Å².